The van der Waals surface area contributed by atoms with Crippen molar-refractivity contribution in [1.29, 1.82) is 0 Å². The van der Waals surface area contributed by atoms with Gasteiger partial charge in [-0.1, -0.05) is 193 Å². The van der Waals surface area contributed by atoms with E-state index in [9.17, 15) is 50.4 Å². The maximum atomic E-state index is 15.1. The van der Waals surface area contributed by atoms with Gasteiger partial charge in [0.25, 0.3) is 0 Å². The van der Waals surface area contributed by atoms with Gasteiger partial charge in [-0.05, 0) is 68.1 Å². The van der Waals surface area contributed by atoms with Gasteiger partial charge in [-0.25, -0.2) is 4.79 Å². The van der Waals surface area contributed by atoms with E-state index in [-0.39, 0.29) is 65.9 Å². The predicted molar refractivity (Wildman–Crippen MR) is 309 cm³/mol. The fourth-order valence-electron chi connectivity index (χ4n) is 9.53. The van der Waals surface area contributed by atoms with Crippen molar-refractivity contribution in [3.8, 4) is 22.7 Å². The van der Waals surface area contributed by atoms with E-state index < -0.39 is 27.3 Å². The number of rotatable bonds is 16. The van der Waals surface area contributed by atoms with Crippen LogP contribution in [-0.4, -0.2) is 41.9 Å². The first kappa shape index (κ1) is 71.7. The quantitative estimate of drug-likeness (QED) is 0.0547. The van der Waals surface area contributed by atoms with E-state index in [1.807, 2.05) is 25.7 Å². The van der Waals surface area contributed by atoms with Crippen LogP contribution in [0.5, 0.6) is 0 Å². The summed E-state index contributed by atoms with van der Waals surface area (Å²) in [7, 11) is -21.3. The molecular formula is C59H85F12N7O3P2. The number of aromatic nitrogens is 6. The third-order valence-corrected chi connectivity index (χ3v) is 13.1. The summed E-state index contributed by atoms with van der Waals surface area (Å²) < 4.78 is 133. The molecule has 24 heteroatoms. The van der Waals surface area contributed by atoms with Crippen LogP contribution in [0.3, 0.4) is 0 Å². The molecule has 0 radical (unpaired) electrons. The van der Waals surface area contributed by atoms with Gasteiger partial charge in [0.1, 0.15) is 16.0 Å². The summed E-state index contributed by atoms with van der Waals surface area (Å²) in [6, 6.07) is 26.5. The van der Waals surface area contributed by atoms with E-state index in [0.717, 1.165) is 34.1 Å². The molecule has 0 aliphatic carbocycles. The monoisotopic (exact) mass is 1230 g/mol. The zero-order chi connectivity index (χ0) is 62.9. The average Bonchev–Trinajstić information content (AvgIpc) is 3.91. The molecule has 1 amide bonds. The smallest absolute Gasteiger partial charge is 0.412 e. The Hall–Kier alpha value is -5.59. The molecule has 0 bridgehead atoms. The summed E-state index contributed by atoms with van der Waals surface area (Å²) in [6.07, 6.45) is 3.90. The number of ether oxygens (including phenoxy) is 1. The Morgan fingerprint density at radius 3 is 0.843 bits per heavy atom. The van der Waals surface area contributed by atoms with Crippen LogP contribution in [0.1, 0.15) is 235 Å². The number of hydrogen-bond acceptors (Lipinski definition) is 4. The number of halogens is 12. The van der Waals surface area contributed by atoms with E-state index in [2.05, 4.69) is 215 Å². The van der Waals surface area contributed by atoms with E-state index in [1.165, 1.54) is 44.5 Å². The van der Waals surface area contributed by atoms with Gasteiger partial charge in [-0.15, -0.1) is 9.36 Å². The van der Waals surface area contributed by atoms with E-state index in [4.69, 9.17) is 15.2 Å². The first-order valence-electron chi connectivity index (χ1n) is 27.5. The van der Waals surface area contributed by atoms with Gasteiger partial charge in [0.2, 0.25) is 0 Å². The SMILES string of the molecule is CC(C)c1cccc(C(C)C)c1-n1n[n+](-c2c(C(C)C)cccc2C(C)C)cc1CN(Cc1c[n+](-c2c(C(C)C)cccc2C(C)C)nn1-c1c(C(C)C)cccc1C(C)C)C(=O)OC(C)(C)C.F[P-](F)(F)(F)(F)F.F[P-](F)(F)(F)(F)F.O. The topological polar surface area (TPSA) is 104 Å². The molecule has 83 heavy (non-hydrogen) atoms. The fourth-order valence-corrected chi connectivity index (χ4v) is 9.53. The largest absolute Gasteiger partial charge is 0.412 e. The third-order valence-electron chi connectivity index (χ3n) is 13.1. The minimum absolute atomic E-state index is 0. The molecule has 0 fully saturated rings. The fraction of sp³-hybridized carbons (Fsp3) is 0.508. The van der Waals surface area contributed by atoms with E-state index >= 15 is 4.79 Å². The van der Waals surface area contributed by atoms with E-state index in [0.29, 0.717) is 0 Å². The van der Waals surface area contributed by atoms with Crippen LogP contribution in [0, 0.1) is 0 Å². The van der Waals surface area contributed by atoms with Crippen molar-refractivity contribution in [2.24, 2.45) is 0 Å². The average molecular weight is 1230 g/mol. The molecule has 0 saturated carbocycles. The van der Waals surface area contributed by atoms with Crippen LogP contribution in [0.4, 0.5) is 55.2 Å². The molecule has 2 N–H and O–H groups in total. The maximum Gasteiger partial charge on any atom is -0.412 e. The summed E-state index contributed by atoms with van der Waals surface area (Å²) in [4.78, 5) is 17.0. The summed E-state index contributed by atoms with van der Waals surface area (Å²) in [5.74, 6) is 1.89. The van der Waals surface area contributed by atoms with E-state index in [1.54, 1.807) is 0 Å². The zero-order valence-electron chi connectivity index (χ0n) is 51.0. The minimum atomic E-state index is -10.7. The second kappa shape index (κ2) is 24.4. The number of nitrogens with zero attached hydrogens (tertiary/aromatic N) is 7. The van der Waals surface area contributed by atoms with Crippen LogP contribution in [-0.2, 0) is 17.8 Å². The number of amides is 1. The Labute approximate surface area is 481 Å². The summed E-state index contributed by atoms with van der Waals surface area (Å²) in [5.41, 5.74) is 15.0. The van der Waals surface area contributed by atoms with Gasteiger partial charge in [0, 0.05) is 44.5 Å². The molecule has 10 nitrogen and oxygen atoms in total. The third kappa shape index (κ3) is 21.8. The molecule has 0 aliphatic heterocycles. The molecule has 6 rings (SSSR count). The molecule has 468 valence electrons. The standard InChI is InChI=1S/C59H83N7O2.2F6P.H2O/c1-36(2)46-24-20-25-47(37(3)4)54(46)63-34-44(65(60-63)56-50(40(9)10)28-22-29-51(56)41(11)12)32-62(58(67)68-59(17,18)19)33-45-35-64(55-48(38(5)6)26-21-27-49(55)39(7)8)61-66(45)57-52(42(13)14)30-23-31-53(57)43(15)16;2*1-7(2,3,4,5)6;/h20-31,34-43H,32-33H2,1-19H3;;;1H2/q+2;2*-1;. The number of para-hydroxylation sites is 4. The number of benzene rings is 4. The summed E-state index contributed by atoms with van der Waals surface area (Å²) in [6.45, 7) is 42.2. The Morgan fingerprint density at radius 2 is 0.651 bits per heavy atom. The zero-order valence-corrected chi connectivity index (χ0v) is 52.8. The van der Waals surface area contributed by atoms with Gasteiger partial charge >= 0.3 is 72.1 Å². The van der Waals surface area contributed by atoms with Crippen molar-refractivity contribution in [2.75, 3.05) is 0 Å². The number of hydrogen-bond donors (Lipinski definition) is 0. The van der Waals surface area contributed by atoms with Gasteiger partial charge in [0.15, 0.2) is 46.5 Å². The molecule has 0 atom stereocenters. The molecule has 0 saturated heterocycles. The second-order valence-corrected chi connectivity index (χ2v) is 28.2. The number of carbonyl (C=O) groups excluding carboxylic acids is 1. The summed E-state index contributed by atoms with van der Waals surface area (Å²) in [5, 5.41) is 11.1. The van der Waals surface area contributed by atoms with Gasteiger partial charge in [-0.3, -0.25) is 4.90 Å². The molecule has 4 aromatic carbocycles. The van der Waals surface area contributed by atoms with Crippen molar-refractivity contribution in [2.45, 2.75) is 198 Å². The van der Waals surface area contributed by atoms with Gasteiger partial charge in [0.05, 0.1) is 13.1 Å². The molecule has 6 aromatic rings. The summed E-state index contributed by atoms with van der Waals surface area (Å²) >= 11 is 0. The van der Waals surface area contributed by atoms with Crippen LogP contribution >= 0.6 is 15.6 Å². The van der Waals surface area contributed by atoms with Crippen LogP contribution < -0.4 is 9.36 Å². The Kier molecular flexibility index (Phi) is 21.1. The molecule has 0 unspecified atom stereocenters. The van der Waals surface area contributed by atoms with Crippen molar-refractivity contribution in [3.63, 3.8) is 0 Å². The van der Waals surface area contributed by atoms with Crippen LogP contribution in [0.2, 0.25) is 0 Å². The van der Waals surface area contributed by atoms with Crippen molar-refractivity contribution in [3.05, 3.63) is 141 Å². The van der Waals surface area contributed by atoms with Crippen molar-refractivity contribution >= 4 is 21.7 Å². The first-order valence-corrected chi connectivity index (χ1v) is 31.5. The van der Waals surface area contributed by atoms with Gasteiger partial charge in [-0.2, -0.15) is 0 Å². The second-order valence-electron chi connectivity index (χ2n) is 24.4. The van der Waals surface area contributed by atoms with Gasteiger partial charge < -0.3 is 10.2 Å². The number of carbonyl (C=O) groups is 1. The molecule has 0 spiro atoms. The Morgan fingerprint density at radius 1 is 0.446 bits per heavy atom. The normalized spacial score (nSPS) is 14.1. The van der Waals surface area contributed by atoms with Crippen LogP contribution in [0.15, 0.2) is 85.2 Å². The predicted octanol–water partition coefficient (Wildman–Crippen LogP) is 20.5. The molecule has 2 aromatic heterocycles. The minimum Gasteiger partial charge on any atom is -0.412 e. The first-order chi connectivity index (χ1) is 36.8. The van der Waals surface area contributed by atoms with Crippen LogP contribution in [0.25, 0.3) is 22.7 Å². The van der Waals surface area contributed by atoms with Crippen molar-refractivity contribution in [1.82, 2.24) is 24.7 Å². The molecule has 2 heterocycles. The molecular weight excluding hydrogens is 1140 g/mol. The van der Waals surface area contributed by atoms with Crippen molar-refractivity contribution < 1.29 is 74.7 Å². The Balaban J connectivity index is 0.00000107. The molecule has 0 aliphatic rings. The maximum absolute atomic E-state index is 15.1. The Bertz CT molecular complexity index is 2890.